The third-order valence-corrected chi connectivity index (χ3v) is 4.45. The molecule has 0 unspecified atom stereocenters. The van der Waals surface area contributed by atoms with Crippen molar-refractivity contribution in [3.8, 4) is 11.6 Å². The Kier molecular flexibility index (Phi) is 5.18. The molecule has 2 aromatic heterocycles. The SMILES string of the molecule is Cc1ccc(SCC(=O)Nc2nnc(-c3ccnn3C(C)C)o2)cc1. The predicted octanol–water partition coefficient (Wildman–Crippen LogP) is 3.55. The van der Waals surface area contributed by atoms with Crippen molar-refractivity contribution in [3.63, 3.8) is 0 Å². The molecule has 3 rings (SSSR count). The lowest BCUT2D eigenvalue weighted by Crippen LogP contribution is -2.14. The monoisotopic (exact) mass is 357 g/mol. The fourth-order valence-corrected chi connectivity index (χ4v) is 2.91. The van der Waals surface area contributed by atoms with Crippen LogP contribution in [0.5, 0.6) is 0 Å². The van der Waals surface area contributed by atoms with Crippen LogP contribution < -0.4 is 5.32 Å². The molecule has 0 fully saturated rings. The molecule has 8 heteroatoms. The fourth-order valence-electron chi connectivity index (χ4n) is 2.21. The number of carbonyl (C=O) groups excluding carboxylic acids is 1. The van der Waals surface area contributed by atoms with E-state index in [1.807, 2.05) is 45.0 Å². The molecular formula is C17H19N5O2S. The Morgan fingerprint density at radius 1 is 1.24 bits per heavy atom. The maximum atomic E-state index is 12.0. The van der Waals surface area contributed by atoms with Crippen LogP contribution in [0.15, 0.2) is 45.8 Å². The van der Waals surface area contributed by atoms with E-state index in [-0.39, 0.29) is 23.7 Å². The van der Waals surface area contributed by atoms with Crippen LogP contribution in [0.2, 0.25) is 0 Å². The summed E-state index contributed by atoms with van der Waals surface area (Å²) in [4.78, 5) is 13.1. The van der Waals surface area contributed by atoms with Crippen molar-refractivity contribution in [2.24, 2.45) is 0 Å². The summed E-state index contributed by atoms with van der Waals surface area (Å²) in [5.74, 6) is 0.399. The molecule has 1 amide bonds. The summed E-state index contributed by atoms with van der Waals surface area (Å²) in [5.41, 5.74) is 1.91. The Balaban J connectivity index is 1.60. The molecule has 3 aromatic rings. The molecule has 1 N–H and O–H groups in total. The number of hydrogen-bond acceptors (Lipinski definition) is 6. The molecule has 0 spiro atoms. The second-order valence-corrected chi connectivity index (χ2v) is 6.87. The zero-order valence-corrected chi connectivity index (χ0v) is 15.1. The van der Waals surface area contributed by atoms with Gasteiger partial charge in [-0.25, -0.2) is 0 Å². The van der Waals surface area contributed by atoms with Gasteiger partial charge in [-0.2, -0.15) is 5.10 Å². The van der Waals surface area contributed by atoms with E-state index in [2.05, 4.69) is 20.6 Å². The summed E-state index contributed by atoms with van der Waals surface area (Å²) in [6.45, 7) is 6.05. The molecule has 25 heavy (non-hydrogen) atoms. The third kappa shape index (κ3) is 4.27. The average molecular weight is 357 g/mol. The van der Waals surface area contributed by atoms with E-state index in [9.17, 15) is 4.79 Å². The molecule has 130 valence electrons. The van der Waals surface area contributed by atoms with Crippen LogP contribution in [0.1, 0.15) is 25.5 Å². The molecule has 0 bridgehead atoms. The zero-order chi connectivity index (χ0) is 17.8. The second kappa shape index (κ2) is 7.52. The Labute approximate surface area is 149 Å². The molecule has 0 saturated heterocycles. The molecule has 0 atom stereocenters. The zero-order valence-electron chi connectivity index (χ0n) is 14.3. The fraction of sp³-hybridized carbons (Fsp3) is 0.294. The number of aryl methyl sites for hydroxylation is 1. The molecule has 0 radical (unpaired) electrons. The van der Waals surface area contributed by atoms with Gasteiger partial charge in [-0.15, -0.1) is 16.9 Å². The molecular weight excluding hydrogens is 338 g/mol. The second-order valence-electron chi connectivity index (χ2n) is 5.82. The lowest BCUT2D eigenvalue weighted by Gasteiger charge is -2.07. The molecule has 0 aliphatic heterocycles. The number of nitrogens with zero attached hydrogens (tertiary/aromatic N) is 4. The van der Waals surface area contributed by atoms with E-state index >= 15 is 0 Å². The van der Waals surface area contributed by atoms with Gasteiger partial charge in [-0.05, 0) is 39.0 Å². The summed E-state index contributed by atoms with van der Waals surface area (Å²) in [7, 11) is 0. The highest BCUT2D eigenvalue weighted by molar-refractivity contribution is 8.00. The van der Waals surface area contributed by atoms with Crippen molar-refractivity contribution in [2.75, 3.05) is 11.1 Å². The van der Waals surface area contributed by atoms with Crippen LogP contribution in [0.3, 0.4) is 0 Å². The van der Waals surface area contributed by atoms with Crippen molar-refractivity contribution in [1.82, 2.24) is 20.0 Å². The Morgan fingerprint density at radius 3 is 2.72 bits per heavy atom. The Bertz CT molecular complexity index is 854. The van der Waals surface area contributed by atoms with Crippen LogP contribution in [0.4, 0.5) is 6.01 Å². The number of nitrogens with one attached hydrogen (secondary N) is 1. The van der Waals surface area contributed by atoms with Gasteiger partial charge in [-0.1, -0.05) is 22.8 Å². The lowest BCUT2D eigenvalue weighted by molar-refractivity contribution is -0.113. The molecule has 0 aliphatic carbocycles. The predicted molar refractivity (Wildman–Crippen MR) is 96.4 cm³/mol. The molecule has 0 saturated carbocycles. The maximum Gasteiger partial charge on any atom is 0.322 e. The van der Waals surface area contributed by atoms with Gasteiger partial charge in [0.15, 0.2) is 0 Å². The average Bonchev–Trinajstić information content (AvgIpc) is 3.23. The van der Waals surface area contributed by atoms with E-state index in [4.69, 9.17) is 4.42 Å². The number of thioether (sulfide) groups is 1. The highest BCUT2D eigenvalue weighted by atomic mass is 32.2. The Hall–Kier alpha value is -2.61. The lowest BCUT2D eigenvalue weighted by atomic mass is 10.2. The van der Waals surface area contributed by atoms with E-state index in [0.29, 0.717) is 5.89 Å². The van der Waals surface area contributed by atoms with E-state index in [1.54, 1.807) is 16.9 Å². The maximum absolute atomic E-state index is 12.0. The summed E-state index contributed by atoms with van der Waals surface area (Å²) < 4.78 is 7.32. The van der Waals surface area contributed by atoms with Gasteiger partial charge >= 0.3 is 6.01 Å². The van der Waals surface area contributed by atoms with Crippen LogP contribution in [-0.4, -0.2) is 31.6 Å². The van der Waals surface area contributed by atoms with Crippen LogP contribution >= 0.6 is 11.8 Å². The first-order chi connectivity index (χ1) is 12.0. The molecule has 0 aliphatic rings. The van der Waals surface area contributed by atoms with Gasteiger partial charge in [0.2, 0.25) is 5.91 Å². The number of anilines is 1. The number of hydrogen-bond donors (Lipinski definition) is 1. The topological polar surface area (TPSA) is 85.8 Å². The van der Waals surface area contributed by atoms with Gasteiger partial charge in [0, 0.05) is 17.1 Å². The summed E-state index contributed by atoms with van der Waals surface area (Å²) in [6, 6.07) is 10.1. The number of aromatic nitrogens is 4. The largest absolute Gasteiger partial charge is 0.401 e. The van der Waals surface area contributed by atoms with E-state index < -0.39 is 0 Å². The van der Waals surface area contributed by atoms with Gasteiger partial charge in [0.1, 0.15) is 5.69 Å². The van der Waals surface area contributed by atoms with Crippen molar-refractivity contribution in [2.45, 2.75) is 31.7 Å². The van der Waals surface area contributed by atoms with Gasteiger partial charge < -0.3 is 4.42 Å². The van der Waals surface area contributed by atoms with Crippen molar-refractivity contribution in [1.29, 1.82) is 0 Å². The molecule has 7 nitrogen and oxygen atoms in total. The normalized spacial score (nSPS) is 11.0. The van der Waals surface area contributed by atoms with Crippen LogP contribution in [0, 0.1) is 6.92 Å². The van der Waals surface area contributed by atoms with Gasteiger partial charge in [0.05, 0.1) is 5.75 Å². The minimum atomic E-state index is -0.196. The number of benzene rings is 1. The van der Waals surface area contributed by atoms with E-state index in [0.717, 1.165) is 10.6 Å². The number of rotatable bonds is 6. The summed E-state index contributed by atoms with van der Waals surface area (Å²) >= 11 is 1.45. The van der Waals surface area contributed by atoms with Crippen molar-refractivity contribution in [3.05, 3.63) is 42.1 Å². The highest BCUT2D eigenvalue weighted by Crippen LogP contribution is 2.23. The smallest absolute Gasteiger partial charge is 0.322 e. The third-order valence-electron chi connectivity index (χ3n) is 3.44. The minimum absolute atomic E-state index is 0.0843. The number of amides is 1. The first-order valence-electron chi connectivity index (χ1n) is 7.89. The minimum Gasteiger partial charge on any atom is -0.401 e. The van der Waals surface area contributed by atoms with Gasteiger partial charge in [0.25, 0.3) is 5.89 Å². The molecule has 2 heterocycles. The van der Waals surface area contributed by atoms with Crippen molar-refractivity contribution < 1.29 is 9.21 Å². The Morgan fingerprint density at radius 2 is 2.00 bits per heavy atom. The van der Waals surface area contributed by atoms with Gasteiger partial charge in [-0.3, -0.25) is 14.8 Å². The van der Waals surface area contributed by atoms with Crippen LogP contribution in [-0.2, 0) is 4.79 Å². The summed E-state index contributed by atoms with van der Waals surface area (Å²) in [5, 5.41) is 14.7. The van der Waals surface area contributed by atoms with Crippen LogP contribution in [0.25, 0.3) is 11.6 Å². The van der Waals surface area contributed by atoms with Crippen molar-refractivity contribution >= 4 is 23.7 Å². The summed E-state index contributed by atoms with van der Waals surface area (Å²) in [6.07, 6.45) is 1.68. The molecule has 1 aromatic carbocycles. The van der Waals surface area contributed by atoms with E-state index in [1.165, 1.54) is 17.3 Å². The standard InChI is InChI=1S/C17H19N5O2S/c1-11(2)22-14(8-9-18-22)16-20-21-17(24-16)19-15(23)10-25-13-6-4-12(3)5-7-13/h4-9,11H,10H2,1-3H3,(H,19,21,23). The highest BCUT2D eigenvalue weighted by Gasteiger charge is 2.16. The first-order valence-corrected chi connectivity index (χ1v) is 8.88. The number of carbonyl (C=O) groups is 1. The quantitative estimate of drug-likeness (QED) is 0.679. The first kappa shape index (κ1) is 17.2.